The maximum Gasteiger partial charge on any atom is 0.223 e. The Kier molecular flexibility index (Phi) is 5.39. The zero-order chi connectivity index (χ0) is 13.7. The van der Waals surface area contributed by atoms with Crippen LogP contribution in [0.3, 0.4) is 0 Å². The number of hydrogen-bond donors (Lipinski definition) is 2. The summed E-state index contributed by atoms with van der Waals surface area (Å²) in [5, 5.41) is 7.72. The van der Waals surface area contributed by atoms with E-state index in [-0.39, 0.29) is 17.7 Å². The summed E-state index contributed by atoms with van der Waals surface area (Å²) < 4.78 is 1.04. The Morgan fingerprint density at radius 3 is 2.79 bits per heavy atom. The Balaban J connectivity index is 1.54. The van der Waals surface area contributed by atoms with Crippen molar-refractivity contribution < 1.29 is 9.59 Å². The second-order valence-corrected chi connectivity index (χ2v) is 6.49. The molecule has 1 fully saturated rings. The van der Waals surface area contributed by atoms with Crippen LogP contribution in [0.25, 0.3) is 0 Å². The minimum Gasteiger partial charge on any atom is -0.356 e. The highest BCUT2D eigenvalue weighted by atomic mass is 79.9. The molecule has 1 saturated carbocycles. The third-order valence-corrected chi connectivity index (χ3v) is 4.89. The van der Waals surface area contributed by atoms with Crippen molar-refractivity contribution in [3.63, 3.8) is 0 Å². The van der Waals surface area contributed by atoms with Crippen molar-refractivity contribution in [2.75, 3.05) is 6.54 Å². The van der Waals surface area contributed by atoms with E-state index in [1.165, 1.54) is 0 Å². The van der Waals surface area contributed by atoms with Gasteiger partial charge in [-0.15, -0.1) is 11.3 Å². The van der Waals surface area contributed by atoms with E-state index in [4.69, 9.17) is 0 Å². The predicted molar refractivity (Wildman–Crippen MR) is 78.8 cm³/mol. The highest BCUT2D eigenvalue weighted by molar-refractivity contribution is 9.10. The van der Waals surface area contributed by atoms with E-state index in [2.05, 4.69) is 26.6 Å². The second kappa shape index (κ2) is 7.05. The molecule has 1 heterocycles. The van der Waals surface area contributed by atoms with Gasteiger partial charge in [0, 0.05) is 28.2 Å². The number of hydrogen-bond acceptors (Lipinski definition) is 3. The minimum absolute atomic E-state index is 0.0287. The van der Waals surface area contributed by atoms with E-state index < -0.39 is 0 Å². The molecule has 2 rings (SSSR count). The molecule has 1 aromatic heterocycles. The van der Waals surface area contributed by atoms with Crippen LogP contribution in [0, 0.1) is 5.92 Å². The highest BCUT2D eigenvalue weighted by Crippen LogP contribution is 2.28. The summed E-state index contributed by atoms with van der Waals surface area (Å²) in [6, 6.07) is 1.97. The Hall–Kier alpha value is -0.880. The lowest BCUT2D eigenvalue weighted by Crippen LogP contribution is -2.28. The Bertz CT molecular complexity index is 457. The quantitative estimate of drug-likeness (QED) is 0.746. The number of thiophene rings is 1. The Labute approximate surface area is 125 Å². The number of nitrogens with one attached hydrogen (secondary N) is 2. The average Bonchev–Trinajstić information content (AvgIpc) is 3.16. The number of halogens is 1. The highest BCUT2D eigenvalue weighted by Gasteiger charge is 2.28. The fourth-order valence-electron chi connectivity index (χ4n) is 1.67. The number of carbonyl (C=O) groups is 2. The van der Waals surface area contributed by atoms with Crippen LogP contribution in [0.5, 0.6) is 0 Å². The third kappa shape index (κ3) is 4.95. The van der Waals surface area contributed by atoms with Crippen molar-refractivity contribution in [3.05, 3.63) is 20.8 Å². The van der Waals surface area contributed by atoms with Crippen LogP contribution < -0.4 is 10.6 Å². The molecular weight excluding hydrogens is 328 g/mol. The van der Waals surface area contributed by atoms with Gasteiger partial charge in [-0.2, -0.15) is 0 Å². The van der Waals surface area contributed by atoms with Gasteiger partial charge >= 0.3 is 0 Å². The fourth-order valence-corrected chi connectivity index (χ4v) is 3.10. The smallest absolute Gasteiger partial charge is 0.223 e. The molecule has 0 aliphatic heterocycles. The Morgan fingerprint density at radius 2 is 2.16 bits per heavy atom. The van der Waals surface area contributed by atoms with Gasteiger partial charge in [-0.1, -0.05) is 0 Å². The molecule has 1 aliphatic carbocycles. The lowest BCUT2D eigenvalue weighted by molar-refractivity contribution is -0.123. The monoisotopic (exact) mass is 344 g/mol. The molecule has 4 nitrogen and oxygen atoms in total. The minimum atomic E-state index is 0.0287. The van der Waals surface area contributed by atoms with Gasteiger partial charge in [-0.05, 0) is 46.6 Å². The normalized spacial score (nSPS) is 14.2. The molecule has 2 N–H and O–H groups in total. The summed E-state index contributed by atoms with van der Waals surface area (Å²) >= 11 is 5.04. The third-order valence-electron chi connectivity index (χ3n) is 2.97. The van der Waals surface area contributed by atoms with E-state index in [0.29, 0.717) is 25.9 Å². The molecule has 0 aromatic carbocycles. The van der Waals surface area contributed by atoms with Crippen LogP contribution in [-0.2, 0) is 16.1 Å². The molecule has 1 aromatic rings. The molecular formula is C13H17BrN2O2S. The van der Waals surface area contributed by atoms with E-state index in [1.54, 1.807) is 11.3 Å². The van der Waals surface area contributed by atoms with E-state index >= 15 is 0 Å². The maximum atomic E-state index is 11.6. The lowest BCUT2D eigenvalue weighted by Gasteiger charge is -2.05. The molecule has 104 valence electrons. The molecule has 19 heavy (non-hydrogen) atoms. The average molecular weight is 345 g/mol. The van der Waals surface area contributed by atoms with Gasteiger partial charge in [0.05, 0.1) is 6.54 Å². The number of rotatable bonds is 7. The Morgan fingerprint density at radius 1 is 1.37 bits per heavy atom. The van der Waals surface area contributed by atoms with E-state index in [9.17, 15) is 9.59 Å². The van der Waals surface area contributed by atoms with Gasteiger partial charge in [0.15, 0.2) is 0 Å². The van der Waals surface area contributed by atoms with Crippen LogP contribution in [0.1, 0.15) is 30.6 Å². The summed E-state index contributed by atoms with van der Waals surface area (Å²) in [5.74, 6) is 0.411. The maximum absolute atomic E-state index is 11.6. The van der Waals surface area contributed by atoms with Crippen molar-refractivity contribution in [2.24, 2.45) is 5.92 Å². The van der Waals surface area contributed by atoms with Gasteiger partial charge < -0.3 is 10.6 Å². The van der Waals surface area contributed by atoms with Crippen LogP contribution in [-0.4, -0.2) is 18.4 Å². The number of amides is 2. The molecule has 0 spiro atoms. The van der Waals surface area contributed by atoms with Crippen LogP contribution in [0.4, 0.5) is 0 Å². The topological polar surface area (TPSA) is 58.2 Å². The zero-order valence-electron chi connectivity index (χ0n) is 10.6. The lowest BCUT2D eigenvalue weighted by atomic mass is 10.3. The van der Waals surface area contributed by atoms with Crippen molar-refractivity contribution >= 4 is 39.1 Å². The summed E-state index contributed by atoms with van der Waals surface area (Å²) in [5.41, 5.74) is 0. The molecule has 0 atom stereocenters. The first-order valence-electron chi connectivity index (χ1n) is 6.43. The van der Waals surface area contributed by atoms with Crippen LogP contribution in [0.2, 0.25) is 0 Å². The molecule has 6 heteroatoms. The summed E-state index contributed by atoms with van der Waals surface area (Å²) in [4.78, 5) is 24.1. The van der Waals surface area contributed by atoms with Gasteiger partial charge in [0.2, 0.25) is 11.8 Å². The van der Waals surface area contributed by atoms with Crippen molar-refractivity contribution in [2.45, 2.75) is 32.2 Å². The molecule has 0 bridgehead atoms. The van der Waals surface area contributed by atoms with Crippen molar-refractivity contribution in [1.29, 1.82) is 0 Å². The van der Waals surface area contributed by atoms with Crippen molar-refractivity contribution in [1.82, 2.24) is 10.6 Å². The summed E-state index contributed by atoms with van der Waals surface area (Å²) in [6.45, 7) is 1.15. The predicted octanol–water partition coefficient (Wildman–Crippen LogP) is 2.43. The SMILES string of the molecule is O=C(CCCNC(=O)C1CC1)NCc1sccc1Br. The second-order valence-electron chi connectivity index (χ2n) is 4.64. The van der Waals surface area contributed by atoms with Gasteiger partial charge in [0.25, 0.3) is 0 Å². The van der Waals surface area contributed by atoms with Gasteiger partial charge in [-0.25, -0.2) is 0 Å². The number of carbonyl (C=O) groups excluding carboxylic acids is 2. The van der Waals surface area contributed by atoms with Gasteiger partial charge in [0.1, 0.15) is 0 Å². The molecule has 2 amide bonds. The first kappa shape index (κ1) is 14.5. The summed E-state index contributed by atoms with van der Waals surface area (Å²) in [7, 11) is 0. The zero-order valence-corrected chi connectivity index (χ0v) is 13.0. The van der Waals surface area contributed by atoms with Crippen LogP contribution in [0.15, 0.2) is 15.9 Å². The molecule has 0 unspecified atom stereocenters. The van der Waals surface area contributed by atoms with E-state index in [0.717, 1.165) is 22.2 Å². The fraction of sp³-hybridized carbons (Fsp3) is 0.538. The largest absolute Gasteiger partial charge is 0.356 e. The van der Waals surface area contributed by atoms with Crippen molar-refractivity contribution in [3.8, 4) is 0 Å². The van der Waals surface area contributed by atoms with E-state index in [1.807, 2.05) is 11.4 Å². The van der Waals surface area contributed by atoms with Crippen LogP contribution >= 0.6 is 27.3 Å². The molecule has 1 aliphatic rings. The van der Waals surface area contributed by atoms with Gasteiger partial charge in [-0.3, -0.25) is 9.59 Å². The molecule has 0 radical (unpaired) electrons. The standard InChI is InChI=1S/C13H17BrN2O2S/c14-10-5-7-19-11(10)8-16-12(17)2-1-6-15-13(18)9-3-4-9/h5,7,9H,1-4,6,8H2,(H,15,18)(H,16,17). The molecule has 0 saturated heterocycles. The first-order chi connectivity index (χ1) is 9.16. The first-order valence-corrected chi connectivity index (χ1v) is 8.10. The summed E-state index contributed by atoms with van der Waals surface area (Å²) in [6.07, 6.45) is 3.17.